The molecular weight excluding hydrogens is 334 g/mol. The largest absolute Gasteiger partial charge is 0.393 e. The lowest BCUT2D eigenvalue weighted by atomic mass is 9.81. The van der Waals surface area contributed by atoms with E-state index in [0.29, 0.717) is 24.3 Å². The Balaban J connectivity index is 1.57. The molecule has 2 unspecified atom stereocenters. The number of hydrogen-bond acceptors (Lipinski definition) is 2. The first-order valence-corrected chi connectivity index (χ1v) is 8.70. The molecule has 2 aliphatic rings. The molecule has 0 amide bonds. The average Bonchev–Trinajstić information content (AvgIpc) is 3.11. The quantitative estimate of drug-likeness (QED) is 0.870. The standard InChI is InChI=1S/C18H19ClF2N2O/c19-13-3-1-2-12-15-9-22-10-23(15)14(17(12)13)8-16(24)11-4-6-18(20,21)7-5-11/h1-3,9-11,14,16,24H,4-8H2. The van der Waals surface area contributed by atoms with Gasteiger partial charge in [-0.15, -0.1) is 0 Å². The van der Waals surface area contributed by atoms with E-state index in [1.54, 1.807) is 12.5 Å². The van der Waals surface area contributed by atoms with Gasteiger partial charge in [0.05, 0.1) is 30.4 Å². The van der Waals surface area contributed by atoms with Crippen LogP contribution in [-0.4, -0.2) is 26.7 Å². The second-order valence-electron chi connectivity index (χ2n) is 6.90. The van der Waals surface area contributed by atoms with Crippen molar-refractivity contribution < 1.29 is 13.9 Å². The molecule has 1 aromatic carbocycles. The van der Waals surface area contributed by atoms with Gasteiger partial charge in [0.25, 0.3) is 0 Å². The number of imidazole rings is 1. The van der Waals surface area contributed by atoms with Gasteiger partial charge in [0.15, 0.2) is 0 Å². The minimum Gasteiger partial charge on any atom is -0.393 e. The van der Waals surface area contributed by atoms with Crippen molar-refractivity contribution in [3.63, 3.8) is 0 Å². The average molecular weight is 353 g/mol. The molecule has 0 radical (unpaired) electrons. The van der Waals surface area contributed by atoms with Crippen LogP contribution in [0.2, 0.25) is 5.02 Å². The summed E-state index contributed by atoms with van der Waals surface area (Å²) in [7, 11) is 0. The van der Waals surface area contributed by atoms with Crippen LogP contribution in [0.4, 0.5) is 8.78 Å². The molecule has 2 atom stereocenters. The van der Waals surface area contributed by atoms with Crippen LogP contribution in [0.3, 0.4) is 0 Å². The number of aliphatic hydroxyl groups is 1. The number of rotatable bonds is 3. The minimum atomic E-state index is -2.57. The van der Waals surface area contributed by atoms with Gasteiger partial charge in [0.2, 0.25) is 5.92 Å². The topological polar surface area (TPSA) is 38.1 Å². The number of hydrogen-bond donors (Lipinski definition) is 1. The van der Waals surface area contributed by atoms with Gasteiger partial charge >= 0.3 is 0 Å². The minimum absolute atomic E-state index is 0.0804. The summed E-state index contributed by atoms with van der Waals surface area (Å²) in [5.74, 6) is -2.65. The Kier molecular flexibility index (Phi) is 3.88. The second kappa shape index (κ2) is 5.81. The molecule has 2 aromatic rings. The van der Waals surface area contributed by atoms with Gasteiger partial charge in [-0.3, -0.25) is 0 Å². The first kappa shape index (κ1) is 16.0. The Labute approximate surface area is 144 Å². The first-order valence-electron chi connectivity index (χ1n) is 8.33. The van der Waals surface area contributed by atoms with E-state index in [4.69, 9.17) is 11.6 Å². The van der Waals surface area contributed by atoms with E-state index in [0.717, 1.165) is 16.8 Å². The maximum atomic E-state index is 13.3. The highest BCUT2D eigenvalue weighted by Gasteiger charge is 2.39. The highest BCUT2D eigenvalue weighted by molar-refractivity contribution is 6.32. The smallest absolute Gasteiger partial charge is 0.248 e. The van der Waals surface area contributed by atoms with Crippen LogP contribution in [0.15, 0.2) is 30.7 Å². The number of benzene rings is 1. The Morgan fingerprint density at radius 2 is 2.08 bits per heavy atom. The predicted octanol–water partition coefficient (Wildman–Crippen LogP) is 4.68. The molecule has 128 valence electrons. The number of nitrogens with zero attached hydrogens (tertiary/aromatic N) is 2. The molecule has 1 aliphatic heterocycles. The van der Waals surface area contributed by atoms with Crippen molar-refractivity contribution in [2.24, 2.45) is 5.92 Å². The third-order valence-electron chi connectivity index (χ3n) is 5.43. The van der Waals surface area contributed by atoms with Gasteiger partial charge in [-0.05, 0) is 31.2 Å². The fourth-order valence-corrected chi connectivity index (χ4v) is 4.40. The van der Waals surface area contributed by atoms with Crippen LogP contribution < -0.4 is 0 Å². The van der Waals surface area contributed by atoms with Gasteiger partial charge in [0, 0.05) is 29.0 Å². The van der Waals surface area contributed by atoms with Crippen molar-refractivity contribution in [2.45, 2.75) is 50.2 Å². The van der Waals surface area contributed by atoms with E-state index in [2.05, 4.69) is 4.98 Å². The Morgan fingerprint density at radius 3 is 2.83 bits per heavy atom. The van der Waals surface area contributed by atoms with Gasteiger partial charge in [-0.1, -0.05) is 23.7 Å². The summed E-state index contributed by atoms with van der Waals surface area (Å²) in [5.41, 5.74) is 3.02. The Hall–Kier alpha value is -1.46. The van der Waals surface area contributed by atoms with E-state index in [9.17, 15) is 13.9 Å². The molecule has 24 heavy (non-hydrogen) atoms. The summed E-state index contributed by atoms with van der Waals surface area (Å²) in [5, 5.41) is 11.3. The van der Waals surface area contributed by atoms with E-state index in [1.807, 2.05) is 22.8 Å². The van der Waals surface area contributed by atoms with Gasteiger partial charge < -0.3 is 9.67 Å². The van der Waals surface area contributed by atoms with Crippen LogP contribution in [0.25, 0.3) is 11.3 Å². The lowest BCUT2D eigenvalue weighted by Gasteiger charge is -2.32. The van der Waals surface area contributed by atoms with Crippen molar-refractivity contribution in [1.82, 2.24) is 9.55 Å². The number of halogens is 3. The summed E-state index contributed by atoms with van der Waals surface area (Å²) < 4.78 is 28.7. The fraction of sp³-hybridized carbons (Fsp3) is 0.500. The Bertz CT molecular complexity index is 751. The number of fused-ring (bicyclic) bond motifs is 3. The normalized spacial score (nSPS) is 23.8. The zero-order valence-corrected chi connectivity index (χ0v) is 13.9. The molecule has 6 heteroatoms. The van der Waals surface area contributed by atoms with Crippen LogP contribution in [0.5, 0.6) is 0 Å². The molecule has 1 aromatic heterocycles. The van der Waals surface area contributed by atoms with Gasteiger partial charge in [-0.25, -0.2) is 13.8 Å². The first-order chi connectivity index (χ1) is 11.5. The van der Waals surface area contributed by atoms with Crippen molar-refractivity contribution in [3.05, 3.63) is 41.3 Å². The lowest BCUT2D eigenvalue weighted by Crippen LogP contribution is -2.32. The van der Waals surface area contributed by atoms with Crippen molar-refractivity contribution >= 4 is 11.6 Å². The molecule has 1 N–H and O–H groups in total. The number of aliphatic hydroxyl groups excluding tert-OH is 1. The summed E-state index contributed by atoms with van der Waals surface area (Å²) in [4.78, 5) is 4.20. The van der Waals surface area contributed by atoms with Crippen molar-refractivity contribution in [3.8, 4) is 11.3 Å². The molecule has 1 fully saturated rings. The van der Waals surface area contributed by atoms with Crippen LogP contribution in [0, 0.1) is 5.92 Å². The van der Waals surface area contributed by atoms with Gasteiger partial charge in [0.1, 0.15) is 0 Å². The third-order valence-corrected chi connectivity index (χ3v) is 5.76. The maximum absolute atomic E-state index is 13.3. The zero-order chi connectivity index (χ0) is 16.9. The van der Waals surface area contributed by atoms with E-state index < -0.39 is 12.0 Å². The molecule has 0 bridgehead atoms. The lowest BCUT2D eigenvalue weighted by molar-refractivity contribution is -0.0638. The van der Waals surface area contributed by atoms with E-state index in [-0.39, 0.29) is 24.8 Å². The summed E-state index contributed by atoms with van der Waals surface area (Å²) in [6.45, 7) is 0. The maximum Gasteiger partial charge on any atom is 0.248 e. The highest BCUT2D eigenvalue weighted by atomic mass is 35.5. The van der Waals surface area contributed by atoms with Gasteiger partial charge in [-0.2, -0.15) is 0 Å². The molecule has 2 heterocycles. The monoisotopic (exact) mass is 352 g/mol. The molecule has 3 nitrogen and oxygen atoms in total. The van der Waals surface area contributed by atoms with Crippen LogP contribution >= 0.6 is 11.6 Å². The van der Waals surface area contributed by atoms with Crippen molar-refractivity contribution in [1.29, 1.82) is 0 Å². The molecule has 1 saturated carbocycles. The highest BCUT2D eigenvalue weighted by Crippen LogP contribution is 2.46. The molecule has 0 spiro atoms. The molecule has 1 aliphatic carbocycles. The Morgan fingerprint density at radius 1 is 1.33 bits per heavy atom. The summed E-state index contributed by atoms with van der Waals surface area (Å²) >= 11 is 6.40. The number of aromatic nitrogens is 2. The van der Waals surface area contributed by atoms with Crippen molar-refractivity contribution in [2.75, 3.05) is 0 Å². The third kappa shape index (κ3) is 2.64. The van der Waals surface area contributed by atoms with E-state index in [1.165, 1.54) is 0 Å². The molecular formula is C18H19ClF2N2O. The van der Waals surface area contributed by atoms with Crippen LogP contribution in [-0.2, 0) is 0 Å². The van der Waals surface area contributed by atoms with E-state index >= 15 is 0 Å². The number of alkyl halides is 2. The fourth-order valence-electron chi connectivity index (χ4n) is 4.10. The second-order valence-corrected chi connectivity index (χ2v) is 7.31. The van der Waals surface area contributed by atoms with Crippen LogP contribution in [0.1, 0.15) is 43.7 Å². The zero-order valence-electron chi connectivity index (χ0n) is 13.1. The predicted molar refractivity (Wildman–Crippen MR) is 88.3 cm³/mol. The summed E-state index contributed by atoms with van der Waals surface area (Å²) in [6.07, 6.45) is 3.86. The molecule has 0 saturated heterocycles. The SMILES string of the molecule is OC(CC1c2c(Cl)cccc2-c2cncn21)C1CCC(F)(F)CC1. The molecule has 4 rings (SSSR count). The summed E-state index contributed by atoms with van der Waals surface area (Å²) in [6, 6.07) is 5.66.